The number of nitrogens with zero attached hydrogens (tertiary/aromatic N) is 2. The van der Waals surface area contributed by atoms with E-state index in [4.69, 9.17) is 11.5 Å². The Hall–Kier alpha value is -4.84. The molecule has 12 N–H and O–H groups in total. The third-order valence-electron chi connectivity index (χ3n) is 6.28. The average molecular weight is 607 g/mol. The summed E-state index contributed by atoms with van der Waals surface area (Å²) >= 11 is 0. The average Bonchev–Trinajstić information content (AvgIpc) is 3.66. The summed E-state index contributed by atoms with van der Waals surface area (Å²) in [5, 5.41) is 28.4. The van der Waals surface area contributed by atoms with E-state index in [0.717, 1.165) is 0 Å². The van der Waals surface area contributed by atoms with Crippen LogP contribution >= 0.6 is 0 Å². The van der Waals surface area contributed by atoms with E-state index in [0.29, 0.717) is 37.2 Å². The van der Waals surface area contributed by atoms with Crippen molar-refractivity contribution >= 4 is 35.6 Å². The van der Waals surface area contributed by atoms with Crippen LogP contribution in [-0.2, 0) is 41.6 Å². The van der Waals surface area contributed by atoms with Gasteiger partial charge in [-0.05, 0) is 26.3 Å². The van der Waals surface area contributed by atoms with Crippen molar-refractivity contribution in [3.05, 3.63) is 36.4 Å². The summed E-state index contributed by atoms with van der Waals surface area (Å²) < 4.78 is 0. The van der Waals surface area contributed by atoms with Gasteiger partial charge in [0, 0.05) is 36.6 Å². The Labute approximate surface area is 246 Å². The van der Waals surface area contributed by atoms with E-state index in [-0.39, 0.29) is 12.8 Å². The molecule has 0 aromatic carbocycles. The molecular weight excluding hydrogens is 568 g/mol. The van der Waals surface area contributed by atoms with Crippen LogP contribution in [0, 0.1) is 0 Å². The zero-order valence-corrected chi connectivity index (χ0v) is 23.5. The maximum absolute atomic E-state index is 13.2. The lowest BCUT2D eigenvalue weighted by atomic mass is 10.1. The predicted molar refractivity (Wildman–Crippen MR) is 149 cm³/mol. The number of carbonyl (C=O) groups is 6. The highest BCUT2D eigenvalue weighted by Gasteiger charge is 2.32. The molecule has 0 unspecified atom stereocenters. The maximum Gasteiger partial charge on any atom is 0.326 e. The van der Waals surface area contributed by atoms with Crippen LogP contribution in [0.5, 0.6) is 0 Å². The lowest BCUT2D eigenvalue weighted by Crippen LogP contribution is -2.59. The van der Waals surface area contributed by atoms with Crippen molar-refractivity contribution in [2.45, 2.75) is 75.7 Å². The molecular formula is C25H38N10O8. The van der Waals surface area contributed by atoms with Crippen LogP contribution in [0.4, 0.5) is 0 Å². The number of imidazole rings is 2. The summed E-state index contributed by atoms with van der Waals surface area (Å²) in [7, 11) is 0. The fourth-order valence-corrected chi connectivity index (χ4v) is 3.89. The third kappa shape index (κ3) is 11.9. The van der Waals surface area contributed by atoms with Gasteiger partial charge in [0.25, 0.3) is 0 Å². The van der Waals surface area contributed by atoms with E-state index in [9.17, 15) is 39.0 Å². The summed E-state index contributed by atoms with van der Waals surface area (Å²) in [6.45, 7) is 1.77. The van der Waals surface area contributed by atoms with Crippen LogP contribution in [-0.4, -0.2) is 102 Å². The van der Waals surface area contributed by atoms with Gasteiger partial charge in [-0.2, -0.15) is 0 Å². The van der Waals surface area contributed by atoms with Crippen LogP contribution < -0.4 is 32.7 Å². The Kier molecular flexibility index (Phi) is 13.7. The van der Waals surface area contributed by atoms with Crippen molar-refractivity contribution in [1.29, 1.82) is 0 Å². The van der Waals surface area contributed by atoms with Crippen molar-refractivity contribution in [1.82, 2.24) is 41.2 Å². The molecule has 0 aliphatic heterocycles. The number of carboxylic acids is 2. The predicted octanol–water partition coefficient (Wildman–Crippen LogP) is -3.11. The number of unbranched alkanes of at least 4 members (excludes halogenated alkanes) is 1. The van der Waals surface area contributed by atoms with Crippen LogP contribution in [0.1, 0.15) is 44.0 Å². The van der Waals surface area contributed by atoms with Crippen molar-refractivity contribution in [3.63, 3.8) is 0 Å². The maximum atomic E-state index is 13.2. The minimum atomic E-state index is -1.65. The minimum Gasteiger partial charge on any atom is -0.481 e. The van der Waals surface area contributed by atoms with Crippen LogP contribution in [0.3, 0.4) is 0 Å². The largest absolute Gasteiger partial charge is 0.481 e. The number of nitrogens with one attached hydrogen (secondary N) is 6. The Morgan fingerprint density at radius 1 is 0.791 bits per heavy atom. The highest BCUT2D eigenvalue weighted by atomic mass is 16.4. The number of carbonyl (C=O) groups excluding carboxylic acids is 4. The van der Waals surface area contributed by atoms with Gasteiger partial charge in [-0.15, -0.1) is 0 Å². The lowest BCUT2D eigenvalue weighted by Gasteiger charge is -2.25. The van der Waals surface area contributed by atoms with E-state index >= 15 is 0 Å². The van der Waals surface area contributed by atoms with Gasteiger partial charge in [-0.25, -0.2) is 14.8 Å². The molecule has 4 amide bonds. The van der Waals surface area contributed by atoms with Crippen molar-refractivity contribution in [3.8, 4) is 0 Å². The van der Waals surface area contributed by atoms with Crippen molar-refractivity contribution in [2.75, 3.05) is 6.54 Å². The number of hydrogen-bond donors (Lipinski definition) is 10. The molecule has 0 aliphatic carbocycles. The highest BCUT2D eigenvalue weighted by molar-refractivity contribution is 5.96. The number of nitrogens with two attached hydrogens (primary N) is 2. The van der Waals surface area contributed by atoms with Crippen LogP contribution in [0.25, 0.3) is 0 Å². The summed E-state index contributed by atoms with van der Waals surface area (Å²) in [4.78, 5) is 88.0. The van der Waals surface area contributed by atoms with Crippen LogP contribution in [0.15, 0.2) is 25.0 Å². The molecule has 43 heavy (non-hydrogen) atoms. The third-order valence-corrected chi connectivity index (χ3v) is 6.28. The Morgan fingerprint density at radius 2 is 1.33 bits per heavy atom. The zero-order chi connectivity index (χ0) is 31.9. The van der Waals surface area contributed by atoms with Gasteiger partial charge in [0.15, 0.2) is 0 Å². The summed E-state index contributed by atoms with van der Waals surface area (Å²) in [5.74, 6) is -6.19. The normalized spacial score (nSPS) is 14.4. The molecule has 0 radical (unpaired) electrons. The van der Waals surface area contributed by atoms with E-state index in [1.807, 2.05) is 0 Å². The number of rotatable bonds is 19. The van der Waals surface area contributed by atoms with Crippen molar-refractivity contribution < 1.29 is 39.0 Å². The molecule has 0 saturated heterocycles. The molecule has 0 spiro atoms. The molecule has 18 heteroatoms. The summed E-state index contributed by atoms with van der Waals surface area (Å²) in [5.41, 5.74) is 12.1. The molecule has 2 rings (SSSR count). The number of aromatic amines is 2. The fraction of sp³-hybridized carbons (Fsp3) is 0.520. The highest BCUT2D eigenvalue weighted by Crippen LogP contribution is 2.05. The molecule has 0 saturated carbocycles. The second-order valence-electron chi connectivity index (χ2n) is 9.80. The number of carboxylic acid groups (broad SMARTS) is 2. The van der Waals surface area contributed by atoms with Gasteiger partial charge in [-0.3, -0.25) is 24.0 Å². The quantitative estimate of drug-likeness (QED) is 0.0711. The first-order valence-electron chi connectivity index (χ1n) is 13.5. The number of H-pyrrole nitrogens is 2. The Bertz CT molecular complexity index is 1220. The van der Waals surface area contributed by atoms with Crippen LogP contribution in [0.2, 0.25) is 0 Å². The first-order valence-corrected chi connectivity index (χ1v) is 13.5. The van der Waals surface area contributed by atoms with Gasteiger partial charge < -0.3 is 52.9 Å². The number of amides is 4. The number of aliphatic carboxylic acids is 2. The second-order valence-corrected chi connectivity index (χ2v) is 9.80. The van der Waals surface area contributed by atoms with E-state index < -0.39 is 72.2 Å². The summed E-state index contributed by atoms with van der Waals surface area (Å²) in [6.07, 6.45) is 5.91. The molecule has 0 aliphatic rings. The molecule has 2 heterocycles. The smallest absolute Gasteiger partial charge is 0.326 e. The molecule has 18 nitrogen and oxygen atoms in total. The lowest BCUT2D eigenvalue weighted by molar-refractivity contribution is -0.143. The molecule has 0 fully saturated rings. The van der Waals surface area contributed by atoms with E-state index in [1.54, 1.807) is 0 Å². The van der Waals surface area contributed by atoms with Gasteiger partial charge >= 0.3 is 11.9 Å². The molecule has 5 atom stereocenters. The van der Waals surface area contributed by atoms with Crippen molar-refractivity contribution in [2.24, 2.45) is 11.5 Å². The standard InChI is InChI=1S/C25H38N10O8/c1-13(32-22(39)16(27)4-2-3-5-26)21(38)33-18(8-20(36)37)24(41)34-17(6-14-9-28-11-30-14)23(40)35-19(25(42)43)7-15-10-29-12-31-15/h9-13,16-19H,2-8,26-27H2,1H3,(H,28,30)(H,29,31)(H,32,39)(H,33,38)(H,34,41)(H,35,40)(H,36,37)(H,42,43)/t13-,16-,17-,18-,19-/m0/s1. The monoisotopic (exact) mass is 606 g/mol. The second kappa shape index (κ2) is 17.2. The SMILES string of the molecule is C[C@H](NC(=O)[C@@H](N)CCCCN)C(=O)N[C@@H](CC(=O)O)C(=O)N[C@@H](Cc1cnc[nH]1)C(=O)N[C@@H](Cc1cnc[nH]1)C(=O)O. The molecule has 2 aromatic heterocycles. The van der Waals surface area contributed by atoms with Gasteiger partial charge in [0.05, 0.1) is 25.1 Å². The molecule has 0 bridgehead atoms. The number of aromatic nitrogens is 4. The number of hydrogen-bond acceptors (Lipinski definition) is 10. The minimum absolute atomic E-state index is 0.135. The Balaban J connectivity index is 2.13. The fourth-order valence-electron chi connectivity index (χ4n) is 3.89. The first kappa shape index (κ1) is 34.4. The Morgan fingerprint density at radius 3 is 1.84 bits per heavy atom. The summed E-state index contributed by atoms with van der Waals surface area (Å²) in [6, 6.07) is -6.52. The van der Waals surface area contributed by atoms with Gasteiger partial charge in [0.2, 0.25) is 23.6 Å². The van der Waals surface area contributed by atoms with E-state index in [1.165, 1.54) is 32.0 Å². The topological polar surface area (TPSA) is 300 Å². The van der Waals surface area contributed by atoms with Gasteiger partial charge in [0.1, 0.15) is 24.2 Å². The zero-order valence-electron chi connectivity index (χ0n) is 23.5. The molecule has 236 valence electrons. The van der Waals surface area contributed by atoms with E-state index in [2.05, 4.69) is 41.2 Å². The molecule has 2 aromatic rings. The first-order chi connectivity index (χ1) is 20.4. The van der Waals surface area contributed by atoms with Gasteiger partial charge in [-0.1, -0.05) is 6.42 Å².